The van der Waals surface area contributed by atoms with Crippen molar-refractivity contribution in [3.8, 4) is 0 Å². The largest absolute Gasteiger partial charge is 0.456 e. The zero-order chi connectivity index (χ0) is 30.4. The van der Waals surface area contributed by atoms with Crippen LogP contribution in [0.2, 0.25) is 0 Å². The van der Waals surface area contributed by atoms with Gasteiger partial charge in [0.15, 0.2) is 5.76 Å². The number of carbonyl (C=O) groups excluding carboxylic acids is 1. The minimum Gasteiger partial charge on any atom is -0.456 e. The van der Waals surface area contributed by atoms with E-state index in [0.29, 0.717) is 29.3 Å². The first kappa shape index (κ1) is 29.5. The van der Waals surface area contributed by atoms with Gasteiger partial charge in [0.2, 0.25) is 5.95 Å². The summed E-state index contributed by atoms with van der Waals surface area (Å²) in [6, 6.07) is 15.8. The third-order valence-corrected chi connectivity index (χ3v) is 9.53. The van der Waals surface area contributed by atoms with Crippen molar-refractivity contribution >= 4 is 27.6 Å². The Morgan fingerprint density at radius 1 is 0.857 bits per heavy atom. The zero-order valence-corrected chi connectivity index (χ0v) is 26.1. The molecule has 0 atom stereocenters. The fourth-order valence-corrected chi connectivity index (χ4v) is 6.54. The molecule has 220 valence electrons. The van der Waals surface area contributed by atoms with E-state index in [1.54, 1.807) is 26.0 Å². The number of nitrogens with one attached hydrogen (secondary N) is 2. The van der Waals surface area contributed by atoms with Gasteiger partial charge in [-0.2, -0.15) is 0 Å². The zero-order valence-electron chi connectivity index (χ0n) is 25.3. The molecule has 0 aliphatic heterocycles. The summed E-state index contributed by atoms with van der Waals surface area (Å²) in [6.45, 7) is 14.9. The Bertz CT molecular complexity index is 1750. The Balaban J connectivity index is 1.27. The number of nitrogens with zero attached hydrogens (tertiary/aromatic N) is 2. The lowest BCUT2D eigenvalue weighted by Crippen LogP contribution is -2.34. The van der Waals surface area contributed by atoms with Gasteiger partial charge >= 0.3 is 0 Å². The molecule has 0 unspecified atom stereocenters. The highest BCUT2D eigenvalue weighted by Crippen LogP contribution is 2.46. The molecule has 0 bridgehead atoms. The van der Waals surface area contributed by atoms with Crippen molar-refractivity contribution in [2.24, 2.45) is 0 Å². The van der Waals surface area contributed by atoms with Gasteiger partial charge in [-0.05, 0) is 109 Å². The van der Waals surface area contributed by atoms with E-state index in [4.69, 9.17) is 4.42 Å². The molecule has 1 aliphatic rings. The second kappa shape index (κ2) is 10.7. The minimum absolute atomic E-state index is 0.0108. The number of fused-ring (bicyclic) bond motifs is 1. The number of anilines is 2. The number of rotatable bonds is 7. The highest BCUT2D eigenvalue weighted by atomic mass is 32.2. The van der Waals surface area contributed by atoms with Gasteiger partial charge in [0, 0.05) is 23.5 Å². The van der Waals surface area contributed by atoms with Crippen LogP contribution in [-0.2, 0) is 27.3 Å². The number of hydrogen-bond acceptors (Lipinski definition) is 6. The standard InChI is InChI=1S/C33H38N4O4S/c1-20-16-27-28(33(6,7)15-14-32(27,4)5)19-23(20)18-25-10-13-29(41-25)30(38)36-24-8-11-26(12-9-24)42(39,40)37-31-34-21(2)17-22(3)35-31/h8-13,16-17,19H,14-15,18H2,1-7H3,(H,36,38)(H,34,35,37). The maximum Gasteiger partial charge on any atom is 0.291 e. The maximum absolute atomic E-state index is 12.9. The summed E-state index contributed by atoms with van der Waals surface area (Å²) in [4.78, 5) is 21.2. The molecule has 1 amide bonds. The van der Waals surface area contributed by atoms with Crippen LogP contribution in [0.5, 0.6) is 0 Å². The minimum atomic E-state index is -3.90. The van der Waals surface area contributed by atoms with Crippen LogP contribution in [0.3, 0.4) is 0 Å². The second-order valence-corrected chi connectivity index (χ2v) is 14.3. The molecule has 9 heteroatoms. The first-order valence-electron chi connectivity index (χ1n) is 14.1. The summed E-state index contributed by atoms with van der Waals surface area (Å²) < 4.78 is 34.0. The van der Waals surface area contributed by atoms with Gasteiger partial charge in [0.25, 0.3) is 15.9 Å². The van der Waals surface area contributed by atoms with Crippen molar-refractivity contribution in [1.29, 1.82) is 0 Å². The SMILES string of the molecule is Cc1cc(C)nc(NS(=O)(=O)c2ccc(NC(=O)c3ccc(Cc4cc5c(cc4C)C(C)(C)CCC5(C)C)o3)cc2)n1. The van der Waals surface area contributed by atoms with E-state index in [9.17, 15) is 13.2 Å². The lowest BCUT2D eigenvalue weighted by atomic mass is 9.62. The molecular weight excluding hydrogens is 548 g/mol. The summed E-state index contributed by atoms with van der Waals surface area (Å²) in [5, 5.41) is 2.78. The van der Waals surface area contributed by atoms with Gasteiger partial charge in [-0.15, -0.1) is 0 Å². The molecule has 2 aromatic heterocycles. The smallest absolute Gasteiger partial charge is 0.291 e. The number of sulfonamides is 1. The van der Waals surface area contributed by atoms with Crippen LogP contribution < -0.4 is 10.0 Å². The number of hydrogen-bond donors (Lipinski definition) is 2. The molecule has 2 heterocycles. The fourth-order valence-electron chi connectivity index (χ4n) is 5.60. The molecule has 5 rings (SSSR count). The number of amides is 1. The monoisotopic (exact) mass is 586 g/mol. The quantitative estimate of drug-likeness (QED) is 0.241. The lowest BCUT2D eigenvalue weighted by molar-refractivity contribution is 0.0995. The number of aryl methyl sites for hydroxylation is 3. The third kappa shape index (κ3) is 6.11. The van der Waals surface area contributed by atoms with Crippen LogP contribution in [-0.4, -0.2) is 24.3 Å². The van der Waals surface area contributed by atoms with E-state index in [1.165, 1.54) is 52.9 Å². The van der Waals surface area contributed by atoms with Gasteiger partial charge in [0.1, 0.15) is 5.76 Å². The van der Waals surface area contributed by atoms with E-state index >= 15 is 0 Å². The lowest BCUT2D eigenvalue weighted by Gasteiger charge is -2.42. The van der Waals surface area contributed by atoms with Gasteiger partial charge in [-0.1, -0.05) is 39.8 Å². The van der Waals surface area contributed by atoms with E-state index in [1.807, 2.05) is 6.07 Å². The van der Waals surface area contributed by atoms with Gasteiger partial charge in [0.05, 0.1) is 4.90 Å². The normalized spacial score (nSPS) is 15.6. The van der Waals surface area contributed by atoms with Crippen LogP contribution in [0, 0.1) is 20.8 Å². The Kier molecular flexibility index (Phi) is 7.51. The molecule has 0 saturated carbocycles. The molecule has 0 fully saturated rings. The number of benzene rings is 2. The summed E-state index contributed by atoms with van der Waals surface area (Å²) in [7, 11) is -3.90. The molecular formula is C33H38N4O4S. The molecule has 0 saturated heterocycles. The van der Waals surface area contributed by atoms with Crippen LogP contribution in [0.1, 0.15) is 90.5 Å². The van der Waals surface area contributed by atoms with Gasteiger partial charge in [-0.3, -0.25) is 4.79 Å². The number of furan rings is 1. The number of carbonyl (C=O) groups is 1. The van der Waals surface area contributed by atoms with Crippen molar-refractivity contribution in [2.45, 2.75) is 83.5 Å². The Morgan fingerprint density at radius 2 is 1.45 bits per heavy atom. The van der Waals surface area contributed by atoms with Gasteiger partial charge in [-0.25, -0.2) is 23.1 Å². The van der Waals surface area contributed by atoms with Crippen molar-refractivity contribution in [2.75, 3.05) is 10.0 Å². The second-order valence-electron chi connectivity index (χ2n) is 12.6. The van der Waals surface area contributed by atoms with Crippen LogP contribution >= 0.6 is 0 Å². The summed E-state index contributed by atoms with van der Waals surface area (Å²) in [5.74, 6) is 0.491. The molecule has 4 aromatic rings. The molecule has 0 radical (unpaired) electrons. The molecule has 42 heavy (non-hydrogen) atoms. The first-order valence-corrected chi connectivity index (χ1v) is 15.6. The van der Waals surface area contributed by atoms with Crippen LogP contribution in [0.4, 0.5) is 11.6 Å². The average molecular weight is 587 g/mol. The summed E-state index contributed by atoms with van der Waals surface area (Å²) in [6.07, 6.45) is 2.90. The molecule has 2 N–H and O–H groups in total. The Hall–Kier alpha value is -3.98. The molecule has 2 aromatic carbocycles. The van der Waals surface area contributed by atoms with Crippen LogP contribution in [0.15, 0.2) is 63.9 Å². The van der Waals surface area contributed by atoms with Crippen molar-refractivity contribution < 1.29 is 17.6 Å². The Morgan fingerprint density at radius 3 is 2.07 bits per heavy atom. The molecule has 0 spiro atoms. The van der Waals surface area contributed by atoms with E-state index in [2.05, 4.69) is 66.8 Å². The van der Waals surface area contributed by atoms with E-state index in [-0.39, 0.29) is 27.4 Å². The maximum atomic E-state index is 12.9. The third-order valence-electron chi connectivity index (χ3n) is 8.19. The highest BCUT2D eigenvalue weighted by molar-refractivity contribution is 7.92. The first-order chi connectivity index (χ1) is 19.6. The van der Waals surface area contributed by atoms with Crippen molar-refractivity contribution in [3.63, 3.8) is 0 Å². The fraction of sp³-hybridized carbons (Fsp3) is 0.364. The molecule has 1 aliphatic carbocycles. The predicted molar refractivity (Wildman–Crippen MR) is 165 cm³/mol. The highest BCUT2D eigenvalue weighted by Gasteiger charge is 2.37. The Labute approximate surface area is 248 Å². The van der Waals surface area contributed by atoms with E-state index < -0.39 is 15.9 Å². The van der Waals surface area contributed by atoms with E-state index in [0.717, 1.165) is 6.42 Å². The van der Waals surface area contributed by atoms with Crippen molar-refractivity contribution in [1.82, 2.24) is 9.97 Å². The average Bonchev–Trinajstić information content (AvgIpc) is 3.36. The summed E-state index contributed by atoms with van der Waals surface area (Å²) >= 11 is 0. The number of aromatic nitrogens is 2. The molecule has 8 nitrogen and oxygen atoms in total. The van der Waals surface area contributed by atoms with Gasteiger partial charge < -0.3 is 9.73 Å². The summed E-state index contributed by atoms with van der Waals surface area (Å²) in [5.41, 5.74) is 7.24. The van der Waals surface area contributed by atoms with Crippen LogP contribution in [0.25, 0.3) is 0 Å². The topological polar surface area (TPSA) is 114 Å². The van der Waals surface area contributed by atoms with Crippen molar-refractivity contribution in [3.05, 3.63) is 99.8 Å². The predicted octanol–water partition coefficient (Wildman–Crippen LogP) is 6.99.